The number of benzene rings is 1. The van der Waals surface area contributed by atoms with E-state index in [2.05, 4.69) is 0 Å². The maximum Gasteiger partial charge on any atom is 0.338 e. The molecule has 0 radical (unpaired) electrons. The second-order valence-corrected chi connectivity index (χ2v) is 3.32. The van der Waals surface area contributed by atoms with Crippen molar-refractivity contribution in [3.63, 3.8) is 0 Å². The molecule has 74 valence electrons. The van der Waals surface area contributed by atoms with Gasteiger partial charge in [0.1, 0.15) is 12.4 Å². The number of phenolic OH excluding ortho intramolecular Hbond substituents is 1. The predicted octanol–water partition coefficient (Wildman–Crippen LogP) is 1.12. The van der Waals surface area contributed by atoms with Crippen LogP contribution in [0, 0.1) is 0 Å². The van der Waals surface area contributed by atoms with Crippen LogP contribution in [0.5, 0.6) is 5.75 Å². The highest BCUT2D eigenvalue weighted by molar-refractivity contribution is 5.93. The Morgan fingerprint density at radius 2 is 2.21 bits per heavy atom. The molecule has 4 heteroatoms. The van der Waals surface area contributed by atoms with Gasteiger partial charge in [-0.2, -0.15) is 0 Å². The van der Waals surface area contributed by atoms with Crippen molar-refractivity contribution in [1.82, 2.24) is 0 Å². The summed E-state index contributed by atoms with van der Waals surface area (Å²) in [5, 5.41) is 18.8. The first kappa shape index (κ1) is 9.02. The zero-order valence-corrected chi connectivity index (χ0v) is 7.65. The van der Waals surface area contributed by atoms with E-state index in [0.717, 1.165) is 0 Å². The third-order valence-electron chi connectivity index (χ3n) is 2.28. The van der Waals surface area contributed by atoms with Crippen molar-refractivity contribution < 1.29 is 19.7 Å². The van der Waals surface area contributed by atoms with Gasteiger partial charge in [0, 0.05) is 11.1 Å². The standard InChI is InChI=1S/C10H10O4/c1-5(11)7-3-8-6(2-9(7)12)4-14-10(8)13/h2-3,5,11-12H,4H2,1H3/t5-/m0/s1. The number of aliphatic hydroxyl groups excluding tert-OH is 1. The number of fused-ring (bicyclic) bond motifs is 1. The van der Waals surface area contributed by atoms with Gasteiger partial charge in [0.05, 0.1) is 11.7 Å². The largest absolute Gasteiger partial charge is 0.508 e. The number of cyclic esters (lactones) is 1. The first-order valence-corrected chi connectivity index (χ1v) is 4.30. The van der Waals surface area contributed by atoms with Gasteiger partial charge >= 0.3 is 5.97 Å². The summed E-state index contributed by atoms with van der Waals surface area (Å²) in [6.45, 7) is 1.73. The zero-order valence-electron chi connectivity index (χ0n) is 7.65. The second kappa shape index (κ2) is 2.99. The molecule has 1 atom stereocenters. The van der Waals surface area contributed by atoms with E-state index in [1.807, 2.05) is 0 Å². The molecule has 0 bridgehead atoms. The maximum absolute atomic E-state index is 11.2. The molecule has 2 rings (SSSR count). The summed E-state index contributed by atoms with van der Waals surface area (Å²) in [6, 6.07) is 2.94. The van der Waals surface area contributed by atoms with Crippen LogP contribution >= 0.6 is 0 Å². The highest BCUT2D eigenvalue weighted by Crippen LogP contribution is 2.31. The van der Waals surface area contributed by atoms with Gasteiger partial charge in [0.2, 0.25) is 0 Å². The lowest BCUT2D eigenvalue weighted by atomic mass is 10.0. The van der Waals surface area contributed by atoms with Crippen LogP contribution in [0.25, 0.3) is 0 Å². The summed E-state index contributed by atoms with van der Waals surface area (Å²) in [7, 11) is 0. The molecule has 0 amide bonds. The van der Waals surface area contributed by atoms with Crippen LogP contribution in [0.4, 0.5) is 0 Å². The van der Waals surface area contributed by atoms with E-state index in [1.54, 1.807) is 0 Å². The molecule has 4 nitrogen and oxygen atoms in total. The number of carbonyl (C=O) groups excluding carboxylic acids is 1. The van der Waals surface area contributed by atoms with Gasteiger partial charge in [-0.25, -0.2) is 4.79 Å². The van der Waals surface area contributed by atoms with E-state index in [9.17, 15) is 15.0 Å². The Labute approximate surface area is 80.7 Å². The van der Waals surface area contributed by atoms with Crippen molar-refractivity contribution >= 4 is 5.97 Å². The Kier molecular flexibility index (Phi) is 1.93. The molecule has 1 aromatic carbocycles. The molecule has 0 saturated carbocycles. The number of esters is 1. The SMILES string of the molecule is C[C@H](O)c1cc2c(cc1O)COC2=O. The third-order valence-corrected chi connectivity index (χ3v) is 2.28. The lowest BCUT2D eigenvalue weighted by Crippen LogP contribution is -1.98. The average Bonchev–Trinajstić information content (AvgIpc) is 2.46. The fourth-order valence-electron chi connectivity index (χ4n) is 1.51. The van der Waals surface area contributed by atoms with Crippen LogP contribution in [-0.4, -0.2) is 16.2 Å². The fourth-order valence-corrected chi connectivity index (χ4v) is 1.51. The molecule has 0 aliphatic carbocycles. The molecule has 1 heterocycles. The van der Waals surface area contributed by atoms with Crippen LogP contribution in [-0.2, 0) is 11.3 Å². The maximum atomic E-state index is 11.2. The van der Waals surface area contributed by atoms with E-state index < -0.39 is 12.1 Å². The van der Waals surface area contributed by atoms with Crippen molar-refractivity contribution in [1.29, 1.82) is 0 Å². The van der Waals surface area contributed by atoms with Crippen LogP contribution in [0.3, 0.4) is 0 Å². The Morgan fingerprint density at radius 3 is 2.86 bits per heavy atom. The highest BCUT2D eigenvalue weighted by Gasteiger charge is 2.24. The number of rotatable bonds is 1. The molecule has 2 N–H and O–H groups in total. The summed E-state index contributed by atoms with van der Waals surface area (Å²) < 4.78 is 4.78. The number of phenols is 1. The third kappa shape index (κ3) is 1.24. The molecule has 1 aromatic rings. The number of carbonyl (C=O) groups is 1. The van der Waals surface area contributed by atoms with Crippen molar-refractivity contribution in [3.05, 3.63) is 28.8 Å². The van der Waals surface area contributed by atoms with Gasteiger partial charge in [0.25, 0.3) is 0 Å². The quantitative estimate of drug-likeness (QED) is 0.657. The summed E-state index contributed by atoms with van der Waals surface area (Å²) in [6.07, 6.45) is -0.798. The second-order valence-electron chi connectivity index (χ2n) is 3.32. The van der Waals surface area contributed by atoms with E-state index in [1.165, 1.54) is 19.1 Å². The van der Waals surface area contributed by atoms with Gasteiger partial charge < -0.3 is 14.9 Å². The molecule has 0 spiro atoms. The lowest BCUT2D eigenvalue weighted by molar-refractivity contribution is 0.0535. The Morgan fingerprint density at radius 1 is 1.50 bits per heavy atom. The summed E-state index contributed by atoms with van der Waals surface area (Å²) in [5.74, 6) is -0.404. The van der Waals surface area contributed by atoms with Crippen LogP contribution < -0.4 is 0 Å². The predicted molar refractivity (Wildman–Crippen MR) is 47.9 cm³/mol. The minimum atomic E-state index is -0.798. The van der Waals surface area contributed by atoms with Gasteiger partial charge in [-0.3, -0.25) is 0 Å². The topological polar surface area (TPSA) is 66.8 Å². The molecule has 0 aromatic heterocycles. The molecule has 0 saturated heterocycles. The zero-order chi connectivity index (χ0) is 10.3. The summed E-state index contributed by atoms with van der Waals surface area (Å²) in [5.41, 5.74) is 1.44. The minimum Gasteiger partial charge on any atom is -0.508 e. The molecule has 0 fully saturated rings. The Bertz CT molecular complexity index is 395. The molecule has 0 unspecified atom stereocenters. The first-order valence-electron chi connectivity index (χ1n) is 4.30. The molecular formula is C10H10O4. The van der Waals surface area contributed by atoms with E-state index in [-0.39, 0.29) is 12.4 Å². The number of aromatic hydroxyl groups is 1. The first-order chi connectivity index (χ1) is 6.59. The smallest absolute Gasteiger partial charge is 0.338 e. The van der Waals surface area contributed by atoms with Crippen molar-refractivity contribution in [2.75, 3.05) is 0 Å². The molecule has 1 aliphatic heterocycles. The average molecular weight is 194 g/mol. The fraction of sp³-hybridized carbons (Fsp3) is 0.300. The van der Waals surface area contributed by atoms with Gasteiger partial charge in [-0.05, 0) is 19.1 Å². The molecular weight excluding hydrogens is 184 g/mol. The Hall–Kier alpha value is -1.55. The van der Waals surface area contributed by atoms with Gasteiger partial charge in [-0.1, -0.05) is 0 Å². The Balaban J connectivity index is 2.57. The monoisotopic (exact) mass is 194 g/mol. The number of aliphatic hydroxyl groups is 1. The number of hydrogen-bond donors (Lipinski definition) is 2. The normalized spacial score (nSPS) is 16.3. The van der Waals surface area contributed by atoms with Crippen LogP contribution in [0.2, 0.25) is 0 Å². The van der Waals surface area contributed by atoms with Crippen LogP contribution in [0.1, 0.15) is 34.5 Å². The van der Waals surface area contributed by atoms with E-state index in [4.69, 9.17) is 4.74 Å². The van der Waals surface area contributed by atoms with Crippen molar-refractivity contribution in [3.8, 4) is 5.75 Å². The number of ether oxygens (including phenoxy) is 1. The number of hydrogen-bond acceptors (Lipinski definition) is 4. The molecule has 1 aliphatic rings. The summed E-state index contributed by atoms with van der Waals surface area (Å²) >= 11 is 0. The van der Waals surface area contributed by atoms with E-state index in [0.29, 0.717) is 16.7 Å². The minimum absolute atomic E-state index is 0.00273. The lowest BCUT2D eigenvalue weighted by Gasteiger charge is -2.08. The van der Waals surface area contributed by atoms with E-state index >= 15 is 0 Å². The van der Waals surface area contributed by atoms with Crippen LogP contribution in [0.15, 0.2) is 12.1 Å². The molecule has 14 heavy (non-hydrogen) atoms. The highest BCUT2D eigenvalue weighted by atomic mass is 16.5. The van der Waals surface area contributed by atoms with Crippen molar-refractivity contribution in [2.24, 2.45) is 0 Å². The van der Waals surface area contributed by atoms with Gasteiger partial charge in [-0.15, -0.1) is 0 Å². The van der Waals surface area contributed by atoms with Crippen molar-refractivity contribution in [2.45, 2.75) is 19.6 Å². The summed E-state index contributed by atoms with van der Waals surface area (Å²) in [4.78, 5) is 11.2. The van der Waals surface area contributed by atoms with Gasteiger partial charge in [0.15, 0.2) is 0 Å².